The van der Waals surface area contributed by atoms with Gasteiger partial charge in [0.1, 0.15) is 18.1 Å². The molecule has 1 atom stereocenters. The van der Waals surface area contributed by atoms with Crippen LogP contribution < -0.4 is 15.2 Å². The number of pyridine rings is 2. The maximum atomic E-state index is 13.1. The number of hydrazine groups is 1. The Bertz CT molecular complexity index is 1450. The van der Waals surface area contributed by atoms with E-state index < -0.39 is 0 Å². The fourth-order valence-electron chi connectivity index (χ4n) is 4.33. The Morgan fingerprint density at radius 2 is 2.03 bits per heavy atom. The van der Waals surface area contributed by atoms with Crippen molar-refractivity contribution in [2.45, 2.75) is 31.7 Å². The Balaban J connectivity index is 1.12. The van der Waals surface area contributed by atoms with Crippen molar-refractivity contribution in [2.75, 3.05) is 23.6 Å². The number of hydrazone groups is 1. The standard InChI is InChI=1S/C28H28N8O2/c1-20(18-38-25-6-3-10-29-16-25)35-13-12-32-36(35)24-5-2-4-22(14-24)33-28(37)26-15-23(9-11-30-26)34-17-27(31-19-34)21-7-8-21/h2-6,9-12,14-17,19-21H,7-8,13,18H2,1H3,(H,33,37). The minimum atomic E-state index is -0.286. The highest BCUT2D eigenvalue weighted by Crippen LogP contribution is 2.39. The van der Waals surface area contributed by atoms with E-state index in [0.717, 1.165) is 22.8 Å². The van der Waals surface area contributed by atoms with E-state index in [9.17, 15) is 4.79 Å². The van der Waals surface area contributed by atoms with Gasteiger partial charge in [0.2, 0.25) is 0 Å². The average molecular weight is 509 g/mol. The molecule has 3 aromatic heterocycles. The van der Waals surface area contributed by atoms with Gasteiger partial charge in [0, 0.05) is 36.4 Å². The maximum Gasteiger partial charge on any atom is 0.274 e. The number of hydrogen-bond donors (Lipinski definition) is 1. The summed E-state index contributed by atoms with van der Waals surface area (Å²) in [6.45, 7) is 3.21. The summed E-state index contributed by atoms with van der Waals surface area (Å²) in [6.07, 6.45) is 13.1. The first-order chi connectivity index (χ1) is 18.6. The molecule has 0 bridgehead atoms. The van der Waals surface area contributed by atoms with E-state index in [1.165, 1.54) is 12.8 Å². The van der Waals surface area contributed by atoms with E-state index in [-0.39, 0.29) is 11.9 Å². The minimum Gasteiger partial charge on any atom is -0.490 e. The normalized spacial score (nSPS) is 16.0. The Morgan fingerprint density at radius 1 is 1.11 bits per heavy atom. The molecule has 1 aliphatic heterocycles. The number of carbonyl (C=O) groups excluding carboxylic acids is 1. The third-order valence-electron chi connectivity index (χ3n) is 6.54. The molecule has 192 valence electrons. The summed E-state index contributed by atoms with van der Waals surface area (Å²) in [4.78, 5) is 26.0. The molecule has 1 saturated carbocycles. The first-order valence-corrected chi connectivity index (χ1v) is 12.7. The number of carbonyl (C=O) groups is 1. The lowest BCUT2D eigenvalue weighted by Gasteiger charge is -2.32. The molecular weight excluding hydrogens is 480 g/mol. The molecule has 0 saturated heterocycles. The number of amides is 1. The Hall–Kier alpha value is -4.57. The van der Waals surface area contributed by atoms with Gasteiger partial charge in [0.25, 0.3) is 5.91 Å². The van der Waals surface area contributed by atoms with Crippen molar-refractivity contribution in [1.29, 1.82) is 0 Å². The summed E-state index contributed by atoms with van der Waals surface area (Å²) in [6, 6.07) is 15.0. The van der Waals surface area contributed by atoms with Crippen LogP contribution in [0.2, 0.25) is 0 Å². The van der Waals surface area contributed by atoms with Crippen molar-refractivity contribution in [3.8, 4) is 11.4 Å². The predicted molar refractivity (Wildman–Crippen MR) is 145 cm³/mol. The van der Waals surface area contributed by atoms with E-state index in [1.54, 1.807) is 31.0 Å². The van der Waals surface area contributed by atoms with Gasteiger partial charge in [-0.15, -0.1) is 0 Å². The molecule has 1 aliphatic carbocycles. The fourth-order valence-corrected chi connectivity index (χ4v) is 4.33. The third kappa shape index (κ3) is 5.25. The molecule has 10 nitrogen and oxygen atoms in total. The molecule has 1 N–H and O–H groups in total. The van der Waals surface area contributed by atoms with Gasteiger partial charge in [-0.25, -0.2) is 4.98 Å². The van der Waals surface area contributed by atoms with Gasteiger partial charge >= 0.3 is 0 Å². The van der Waals surface area contributed by atoms with Crippen LogP contribution in [0.4, 0.5) is 11.4 Å². The molecule has 4 aromatic rings. The van der Waals surface area contributed by atoms with Crippen molar-refractivity contribution in [1.82, 2.24) is 24.5 Å². The maximum absolute atomic E-state index is 13.1. The number of anilines is 2. The third-order valence-corrected chi connectivity index (χ3v) is 6.54. The van der Waals surface area contributed by atoms with Gasteiger partial charge in [-0.3, -0.25) is 14.8 Å². The summed E-state index contributed by atoms with van der Waals surface area (Å²) in [7, 11) is 0. The second kappa shape index (κ2) is 10.4. The highest BCUT2D eigenvalue weighted by atomic mass is 16.5. The lowest BCUT2D eigenvalue weighted by molar-refractivity contribution is 0.102. The van der Waals surface area contributed by atoms with Gasteiger partial charge in [-0.05, 0) is 62.2 Å². The zero-order valence-corrected chi connectivity index (χ0v) is 21.0. The van der Waals surface area contributed by atoms with Crippen LogP contribution in [0.1, 0.15) is 41.9 Å². The molecule has 38 heavy (non-hydrogen) atoms. The van der Waals surface area contributed by atoms with Crippen LogP contribution in [0.3, 0.4) is 0 Å². The number of imidazole rings is 1. The first kappa shape index (κ1) is 23.8. The first-order valence-electron chi connectivity index (χ1n) is 12.7. The van der Waals surface area contributed by atoms with E-state index >= 15 is 0 Å². The Morgan fingerprint density at radius 3 is 2.87 bits per heavy atom. The molecule has 1 aromatic carbocycles. The van der Waals surface area contributed by atoms with Crippen molar-refractivity contribution in [2.24, 2.45) is 5.10 Å². The van der Waals surface area contributed by atoms with Gasteiger partial charge in [-0.1, -0.05) is 6.07 Å². The monoisotopic (exact) mass is 508 g/mol. The number of nitrogens with zero attached hydrogens (tertiary/aromatic N) is 7. The predicted octanol–water partition coefficient (Wildman–Crippen LogP) is 4.28. The summed E-state index contributed by atoms with van der Waals surface area (Å²) in [5.41, 5.74) is 3.76. The number of ether oxygens (including phenoxy) is 1. The van der Waals surface area contributed by atoms with Crippen molar-refractivity contribution in [3.63, 3.8) is 0 Å². The quantitative estimate of drug-likeness (QED) is 0.360. The molecule has 1 amide bonds. The topological polar surface area (TPSA) is 101 Å². The number of rotatable bonds is 9. The molecular formula is C28H28N8O2. The zero-order valence-electron chi connectivity index (χ0n) is 21.0. The van der Waals surface area contributed by atoms with E-state index in [2.05, 4.69) is 37.3 Å². The molecule has 6 rings (SSSR count). The molecule has 0 spiro atoms. The summed E-state index contributed by atoms with van der Waals surface area (Å²) >= 11 is 0. The lowest BCUT2D eigenvalue weighted by atomic mass is 10.2. The highest BCUT2D eigenvalue weighted by Gasteiger charge is 2.27. The van der Waals surface area contributed by atoms with Crippen LogP contribution in [0.15, 0.2) is 84.7 Å². The lowest BCUT2D eigenvalue weighted by Crippen LogP contribution is -2.45. The van der Waals surface area contributed by atoms with Gasteiger partial charge < -0.3 is 14.6 Å². The number of nitrogens with one attached hydrogen (secondary N) is 1. The molecule has 4 heterocycles. The smallest absolute Gasteiger partial charge is 0.274 e. The van der Waals surface area contributed by atoms with Crippen LogP contribution in [0.5, 0.6) is 5.75 Å². The number of aromatic nitrogens is 4. The van der Waals surface area contributed by atoms with Gasteiger partial charge in [0.05, 0.1) is 42.2 Å². The zero-order chi connectivity index (χ0) is 25.9. The fraction of sp³-hybridized carbons (Fsp3) is 0.250. The van der Waals surface area contributed by atoms with Crippen LogP contribution in [-0.2, 0) is 0 Å². The number of hydrogen-bond acceptors (Lipinski definition) is 8. The van der Waals surface area contributed by atoms with Crippen LogP contribution >= 0.6 is 0 Å². The minimum absolute atomic E-state index is 0.0477. The second-order valence-corrected chi connectivity index (χ2v) is 9.44. The SMILES string of the molecule is CC(COc1cccnc1)N1CC=NN1c1cccc(NC(=O)c2cc(-n3cnc(C4CC4)c3)ccn2)c1. The molecule has 1 fully saturated rings. The Labute approximate surface area is 220 Å². The highest BCUT2D eigenvalue weighted by molar-refractivity contribution is 6.03. The van der Waals surface area contributed by atoms with Gasteiger partial charge in [-0.2, -0.15) is 15.2 Å². The van der Waals surface area contributed by atoms with Gasteiger partial charge in [0.15, 0.2) is 0 Å². The van der Waals surface area contributed by atoms with Crippen LogP contribution in [0, 0.1) is 0 Å². The van der Waals surface area contributed by atoms with E-state index in [1.807, 2.05) is 64.6 Å². The second-order valence-electron chi connectivity index (χ2n) is 9.44. The van der Waals surface area contributed by atoms with Crippen molar-refractivity contribution in [3.05, 3.63) is 91.0 Å². The summed E-state index contributed by atoms with van der Waals surface area (Å²) in [5.74, 6) is 1.01. The van der Waals surface area contributed by atoms with E-state index in [0.29, 0.717) is 30.5 Å². The molecule has 10 heteroatoms. The molecule has 2 aliphatic rings. The van der Waals surface area contributed by atoms with Crippen molar-refractivity contribution >= 4 is 23.5 Å². The van der Waals surface area contributed by atoms with E-state index in [4.69, 9.17) is 4.74 Å². The molecule has 1 unspecified atom stereocenters. The molecule has 0 radical (unpaired) electrons. The van der Waals surface area contributed by atoms with Crippen LogP contribution in [-0.4, -0.2) is 55.8 Å². The Kier molecular flexibility index (Phi) is 6.53. The summed E-state index contributed by atoms with van der Waals surface area (Å²) in [5, 5.41) is 11.4. The number of benzene rings is 1. The largest absolute Gasteiger partial charge is 0.490 e. The van der Waals surface area contributed by atoms with Crippen LogP contribution in [0.25, 0.3) is 5.69 Å². The van der Waals surface area contributed by atoms with Crippen molar-refractivity contribution < 1.29 is 9.53 Å². The summed E-state index contributed by atoms with van der Waals surface area (Å²) < 4.78 is 7.83. The average Bonchev–Trinajstić information content (AvgIpc) is 3.47.